The summed E-state index contributed by atoms with van der Waals surface area (Å²) in [5.41, 5.74) is 1.11. The van der Waals surface area contributed by atoms with Crippen molar-refractivity contribution in [2.75, 3.05) is 11.2 Å². The van der Waals surface area contributed by atoms with Crippen LogP contribution >= 0.6 is 15.9 Å². The van der Waals surface area contributed by atoms with Crippen molar-refractivity contribution in [2.45, 2.75) is 6.04 Å². The van der Waals surface area contributed by atoms with Crippen molar-refractivity contribution >= 4 is 37.4 Å². The Kier molecular flexibility index (Phi) is 4.23. The molecular formula is C17H14BrNO4S. The summed E-state index contributed by atoms with van der Waals surface area (Å²) in [5.74, 6) is -1.45. The number of carbonyl (C=O) groups is 1. The molecule has 1 amide bonds. The number of aliphatic hydroxyl groups excluding tert-OH is 1. The van der Waals surface area contributed by atoms with E-state index in [9.17, 15) is 18.3 Å². The maximum absolute atomic E-state index is 12.6. The molecule has 0 spiro atoms. The third-order valence-electron chi connectivity index (χ3n) is 3.78. The molecule has 124 valence electrons. The highest BCUT2D eigenvalue weighted by Crippen LogP contribution is 2.42. The molecule has 7 heteroatoms. The number of hydrogen-bond acceptors (Lipinski definition) is 4. The van der Waals surface area contributed by atoms with E-state index in [1.54, 1.807) is 54.6 Å². The third kappa shape index (κ3) is 2.85. The SMILES string of the molecule is CS(=O)(=O)C1=C(O)C(=O)N(c2ccccc2)[C@@H]1c1ccc(Br)cc1. The highest BCUT2D eigenvalue weighted by atomic mass is 79.9. The van der Waals surface area contributed by atoms with Crippen LogP contribution in [0.25, 0.3) is 0 Å². The molecular weight excluding hydrogens is 394 g/mol. The Bertz CT molecular complexity index is 921. The minimum Gasteiger partial charge on any atom is -0.502 e. The summed E-state index contributed by atoms with van der Waals surface area (Å²) >= 11 is 3.33. The molecule has 0 bridgehead atoms. The highest BCUT2D eigenvalue weighted by molar-refractivity contribution is 9.10. The zero-order valence-electron chi connectivity index (χ0n) is 12.7. The number of benzene rings is 2. The van der Waals surface area contributed by atoms with Gasteiger partial charge in [-0.1, -0.05) is 46.3 Å². The summed E-state index contributed by atoms with van der Waals surface area (Å²) in [5, 5.41) is 10.2. The monoisotopic (exact) mass is 407 g/mol. The predicted molar refractivity (Wildman–Crippen MR) is 95.3 cm³/mol. The minimum atomic E-state index is -3.78. The number of sulfone groups is 1. The number of nitrogens with zero attached hydrogens (tertiary/aromatic N) is 1. The van der Waals surface area contributed by atoms with E-state index in [4.69, 9.17) is 0 Å². The van der Waals surface area contributed by atoms with Gasteiger partial charge in [-0.15, -0.1) is 0 Å². The molecule has 0 fully saturated rings. The zero-order valence-corrected chi connectivity index (χ0v) is 15.1. The third-order valence-corrected chi connectivity index (χ3v) is 5.53. The molecule has 2 aromatic rings. The zero-order chi connectivity index (χ0) is 17.5. The molecule has 24 heavy (non-hydrogen) atoms. The van der Waals surface area contributed by atoms with Gasteiger partial charge in [-0.3, -0.25) is 9.69 Å². The smallest absolute Gasteiger partial charge is 0.295 e. The van der Waals surface area contributed by atoms with Crippen molar-refractivity contribution in [1.29, 1.82) is 0 Å². The summed E-state index contributed by atoms with van der Waals surface area (Å²) in [6, 6.07) is 14.8. The summed E-state index contributed by atoms with van der Waals surface area (Å²) in [4.78, 5) is 13.6. The maximum atomic E-state index is 12.6. The molecule has 0 unspecified atom stereocenters. The van der Waals surface area contributed by atoms with Crippen molar-refractivity contribution in [2.24, 2.45) is 0 Å². The van der Waals surface area contributed by atoms with Crippen molar-refractivity contribution < 1.29 is 18.3 Å². The van der Waals surface area contributed by atoms with Crippen LogP contribution < -0.4 is 4.90 Å². The fourth-order valence-corrected chi connectivity index (χ4v) is 4.11. The normalized spacial score (nSPS) is 18.3. The van der Waals surface area contributed by atoms with Crippen LogP contribution in [0, 0.1) is 0 Å². The number of carbonyl (C=O) groups excluding carboxylic acids is 1. The van der Waals surface area contributed by atoms with Crippen LogP contribution in [0.2, 0.25) is 0 Å². The second-order valence-electron chi connectivity index (χ2n) is 5.45. The van der Waals surface area contributed by atoms with E-state index in [0.717, 1.165) is 10.7 Å². The standard InChI is InChI=1S/C17H14BrNO4S/c1-24(22,23)16-14(11-7-9-12(18)10-8-11)19(17(21)15(16)20)13-5-3-2-4-6-13/h2-10,14,20H,1H3/t14-/m1/s1. The molecule has 0 aromatic heterocycles. The van der Waals surface area contributed by atoms with Gasteiger partial charge >= 0.3 is 0 Å². The van der Waals surface area contributed by atoms with Crippen LogP contribution in [0.4, 0.5) is 5.69 Å². The fourth-order valence-electron chi connectivity index (χ4n) is 2.76. The van der Waals surface area contributed by atoms with E-state index in [2.05, 4.69) is 15.9 Å². The minimum absolute atomic E-state index is 0.279. The first-order valence-electron chi connectivity index (χ1n) is 7.08. The van der Waals surface area contributed by atoms with Gasteiger partial charge in [0.15, 0.2) is 15.6 Å². The Balaban J connectivity index is 2.23. The highest BCUT2D eigenvalue weighted by Gasteiger charge is 2.45. The Hall–Kier alpha value is -2.12. The summed E-state index contributed by atoms with van der Waals surface area (Å²) in [6.07, 6.45) is 0.992. The quantitative estimate of drug-likeness (QED) is 0.846. The van der Waals surface area contributed by atoms with Crippen LogP contribution in [0.15, 0.2) is 69.7 Å². The van der Waals surface area contributed by atoms with Crippen molar-refractivity contribution in [3.63, 3.8) is 0 Å². The fraction of sp³-hybridized carbons (Fsp3) is 0.118. The molecule has 1 atom stereocenters. The van der Waals surface area contributed by atoms with Gasteiger partial charge in [-0.25, -0.2) is 8.42 Å². The van der Waals surface area contributed by atoms with E-state index in [0.29, 0.717) is 11.3 Å². The van der Waals surface area contributed by atoms with Gasteiger partial charge in [0.1, 0.15) is 10.9 Å². The van der Waals surface area contributed by atoms with E-state index >= 15 is 0 Å². The number of para-hydroxylation sites is 1. The first kappa shape index (κ1) is 16.7. The van der Waals surface area contributed by atoms with Gasteiger partial charge in [0.2, 0.25) is 0 Å². The number of halogens is 1. The van der Waals surface area contributed by atoms with E-state index in [1.165, 1.54) is 4.90 Å². The first-order chi connectivity index (χ1) is 11.3. The Morgan fingerprint density at radius 1 is 1.04 bits per heavy atom. The Morgan fingerprint density at radius 3 is 2.17 bits per heavy atom. The first-order valence-corrected chi connectivity index (χ1v) is 9.76. The van der Waals surface area contributed by atoms with Gasteiger partial charge < -0.3 is 5.11 Å². The van der Waals surface area contributed by atoms with Gasteiger partial charge in [-0.2, -0.15) is 0 Å². The molecule has 0 saturated carbocycles. The molecule has 3 rings (SSSR count). The average Bonchev–Trinajstić information content (AvgIpc) is 2.81. The summed E-state index contributed by atoms with van der Waals surface area (Å²) in [6.45, 7) is 0. The molecule has 5 nitrogen and oxygen atoms in total. The molecule has 1 heterocycles. The molecule has 1 aliphatic heterocycles. The molecule has 2 aromatic carbocycles. The largest absolute Gasteiger partial charge is 0.502 e. The lowest BCUT2D eigenvalue weighted by atomic mass is 10.1. The van der Waals surface area contributed by atoms with Crippen molar-refractivity contribution in [3.8, 4) is 0 Å². The summed E-state index contributed by atoms with van der Waals surface area (Å²) < 4.78 is 25.3. The van der Waals surface area contributed by atoms with Crippen molar-refractivity contribution in [1.82, 2.24) is 0 Å². The molecule has 0 aliphatic carbocycles. The Morgan fingerprint density at radius 2 is 1.62 bits per heavy atom. The average molecular weight is 408 g/mol. The van der Waals surface area contributed by atoms with Crippen LogP contribution in [0.1, 0.15) is 11.6 Å². The maximum Gasteiger partial charge on any atom is 0.295 e. The lowest BCUT2D eigenvalue weighted by Gasteiger charge is -2.26. The van der Waals surface area contributed by atoms with Crippen LogP contribution in [0.3, 0.4) is 0 Å². The predicted octanol–water partition coefficient (Wildman–Crippen LogP) is 3.35. The van der Waals surface area contributed by atoms with E-state index in [1.807, 2.05) is 0 Å². The van der Waals surface area contributed by atoms with Gasteiger partial charge in [0, 0.05) is 16.4 Å². The van der Waals surface area contributed by atoms with Gasteiger partial charge in [0.25, 0.3) is 5.91 Å². The van der Waals surface area contributed by atoms with Crippen LogP contribution in [-0.2, 0) is 14.6 Å². The van der Waals surface area contributed by atoms with E-state index in [-0.39, 0.29) is 4.91 Å². The van der Waals surface area contributed by atoms with Crippen molar-refractivity contribution in [3.05, 3.63) is 75.3 Å². The lowest BCUT2D eigenvalue weighted by molar-refractivity contribution is -0.117. The molecule has 0 radical (unpaired) electrons. The summed E-state index contributed by atoms with van der Waals surface area (Å²) in [7, 11) is -3.78. The van der Waals surface area contributed by atoms with Crippen LogP contribution in [0.5, 0.6) is 0 Å². The Labute approximate surface area is 148 Å². The van der Waals surface area contributed by atoms with Gasteiger partial charge in [-0.05, 0) is 29.8 Å². The molecule has 0 saturated heterocycles. The number of aliphatic hydroxyl groups is 1. The number of rotatable bonds is 3. The lowest BCUT2D eigenvalue weighted by Crippen LogP contribution is -2.30. The van der Waals surface area contributed by atoms with Gasteiger partial charge in [0.05, 0.1) is 0 Å². The molecule has 1 aliphatic rings. The molecule has 1 N–H and O–H groups in total. The number of anilines is 1. The van der Waals surface area contributed by atoms with Crippen LogP contribution in [-0.4, -0.2) is 25.7 Å². The second kappa shape index (κ2) is 6.07. The number of hydrogen-bond donors (Lipinski definition) is 1. The second-order valence-corrected chi connectivity index (χ2v) is 8.35. The number of amides is 1. The topological polar surface area (TPSA) is 74.7 Å². The van der Waals surface area contributed by atoms with E-state index < -0.39 is 27.5 Å².